The average molecular weight is 438 g/mol. The Kier molecular flexibility index (Phi) is 16.1. The zero-order chi connectivity index (χ0) is 21.9. The van der Waals surface area contributed by atoms with Crippen LogP contribution in [0.25, 0.3) is 0 Å². The van der Waals surface area contributed by atoms with Gasteiger partial charge in [-0.05, 0) is 18.9 Å². The molecule has 1 rings (SSSR count). The molecule has 0 amide bonds. The van der Waals surface area contributed by atoms with Crippen molar-refractivity contribution in [2.75, 3.05) is 5.75 Å². The topological polar surface area (TPSA) is 46.2 Å². The van der Waals surface area contributed by atoms with Crippen molar-refractivity contribution in [3.8, 4) is 0 Å². The van der Waals surface area contributed by atoms with E-state index in [9.17, 15) is 8.42 Å². The van der Waals surface area contributed by atoms with Crippen LogP contribution in [-0.2, 0) is 16.6 Å². The number of hydrogen-bond donors (Lipinski definition) is 1. The van der Waals surface area contributed by atoms with Crippen LogP contribution in [0.1, 0.15) is 121 Å². The predicted molar refractivity (Wildman–Crippen MR) is 131 cm³/mol. The Morgan fingerprint density at radius 2 is 1.03 bits per heavy atom. The molecule has 0 spiro atoms. The van der Waals surface area contributed by atoms with E-state index in [-0.39, 0.29) is 5.75 Å². The maximum absolute atomic E-state index is 12.1. The molecule has 0 saturated carbocycles. The lowest BCUT2D eigenvalue weighted by Crippen LogP contribution is -2.25. The maximum Gasteiger partial charge on any atom is 0.211 e. The van der Waals surface area contributed by atoms with E-state index in [0.717, 1.165) is 24.8 Å². The Morgan fingerprint density at radius 1 is 0.633 bits per heavy atom. The summed E-state index contributed by atoms with van der Waals surface area (Å²) in [6, 6.07) is 7.98. The third-order valence-corrected chi connectivity index (χ3v) is 7.29. The van der Waals surface area contributed by atoms with Gasteiger partial charge in [0.2, 0.25) is 10.0 Å². The molecular weight excluding hydrogens is 390 g/mol. The summed E-state index contributed by atoms with van der Waals surface area (Å²) in [6.45, 7) is 4.70. The molecule has 0 aliphatic carbocycles. The normalized spacial score (nSPS) is 11.8. The Balaban J connectivity index is 1.87. The molecule has 0 aliphatic rings. The van der Waals surface area contributed by atoms with Crippen molar-refractivity contribution >= 4 is 10.0 Å². The quantitative estimate of drug-likeness (QED) is 0.213. The van der Waals surface area contributed by atoms with Crippen LogP contribution in [0.5, 0.6) is 0 Å². The zero-order valence-electron chi connectivity index (χ0n) is 19.8. The summed E-state index contributed by atoms with van der Waals surface area (Å²) in [5.41, 5.74) is 2.20. The van der Waals surface area contributed by atoms with Crippen molar-refractivity contribution in [1.82, 2.24) is 4.72 Å². The molecule has 1 aromatic carbocycles. The smallest absolute Gasteiger partial charge is 0.211 e. The molecule has 30 heavy (non-hydrogen) atoms. The number of sulfonamides is 1. The molecule has 0 unspecified atom stereocenters. The minimum absolute atomic E-state index is 0.247. The van der Waals surface area contributed by atoms with Crippen molar-refractivity contribution < 1.29 is 8.42 Å². The van der Waals surface area contributed by atoms with Gasteiger partial charge in [-0.25, -0.2) is 13.1 Å². The van der Waals surface area contributed by atoms with Crippen LogP contribution in [0.3, 0.4) is 0 Å². The van der Waals surface area contributed by atoms with Gasteiger partial charge in [0.15, 0.2) is 0 Å². The molecule has 1 N–H and O–H groups in total. The van der Waals surface area contributed by atoms with Gasteiger partial charge in [0, 0.05) is 6.54 Å². The fourth-order valence-corrected chi connectivity index (χ4v) is 4.93. The summed E-state index contributed by atoms with van der Waals surface area (Å²) in [7, 11) is -3.16. The van der Waals surface area contributed by atoms with Gasteiger partial charge in [0.25, 0.3) is 0 Å². The van der Waals surface area contributed by atoms with E-state index in [2.05, 4.69) is 11.6 Å². The zero-order valence-corrected chi connectivity index (χ0v) is 20.6. The molecule has 0 aromatic heterocycles. The lowest BCUT2D eigenvalue weighted by molar-refractivity contribution is 0.530. The van der Waals surface area contributed by atoms with Crippen LogP contribution in [-0.4, -0.2) is 14.2 Å². The van der Waals surface area contributed by atoms with Crippen LogP contribution in [0.2, 0.25) is 0 Å². The molecule has 0 fully saturated rings. The minimum atomic E-state index is -3.16. The Morgan fingerprint density at radius 3 is 1.47 bits per heavy atom. The highest BCUT2D eigenvalue weighted by atomic mass is 32.2. The highest BCUT2D eigenvalue weighted by Gasteiger charge is 2.09. The minimum Gasteiger partial charge on any atom is -0.212 e. The first-order valence-electron chi connectivity index (χ1n) is 12.6. The van der Waals surface area contributed by atoms with E-state index >= 15 is 0 Å². The summed E-state index contributed by atoms with van der Waals surface area (Å²) >= 11 is 0. The molecule has 0 saturated heterocycles. The van der Waals surface area contributed by atoms with E-state index in [1.165, 1.54) is 89.0 Å². The maximum atomic E-state index is 12.1. The standard InChI is InChI=1S/C26H47NO2S/c1-3-4-5-6-7-8-9-10-11-12-13-14-15-16-17-18-23-30(28,29)27-24-26-21-19-25(2)20-22-26/h19-22,27H,3-18,23-24H2,1-2H3. The first kappa shape index (κ1) is 27.2. The summed E-state index contributed by atoms with van der Waals surface area (Å²) in [5.74, 6) is 0.247. The highest BCUT2D eigenvalue weighted by molar-refractivity contribution is 7.89. The lowest BCUT2D eigenvalue weighted by atomic mass is 10.0. The summed E-state index contributed by atoms with van der Waals surface area (Å²) in [6.07, 6.45) is 20.8. The van der Waals surface area contributed by atoms with Gasteiger partial charge in [-0.15, -0.1) is 0 Å². The molecule has 0 aliphatic heterocycles. The molecule has 174 valence electrons. The number of benzene rings is 1. The van der Waals surface area contributed by atoms with Crippen LogP contribution < -0.4 is 4.72 Å². The molecular formula is C26H47NO2S. The third kappa shape index (κ3) is 15.9. The van der Waals surface area contributed by atoms with Gasteiger partial charge in [0.1, 0.15) is 0 Å². The van der Waals surface area contributed by atoms with Crippen molar-refractivity contribution in [2.24, 2.45) is 0 Å². The Hall–Kier alpha value is -0.870. The second kappa shape index (κ2) is 17.8. The van der Waals surface area contributed by atoms with Gasteiger partial charge in [0.05, 0.1) is 5.75 Å². The van der Waals surface area contributed by atoms with E-state index < -0.39 is 10.0 Å². The largest absolute Gasteiger partial charge is 0.212 e. The second-order valence-corrected chi connectivity index (χ2v) is 10.9. The van der Waals surface area contributed by atoms with Gasteiger partial charge < -0.3 is 0 Å². The first-order valence-corrected chi connectivity index (χ1v) is 14.2. The van der Waals surface area contributed by atoms with Crippen molar-refractivity contribution in [2.45, 2.75) is 123 Å². The van der Waals surface area contributed by atoms with Crippen LogP contribution >= 0.6 is 0 Å². The number of hydrogen-bond acceptors (Lipinski definition) is 2. The number of nitrogens with one attached hydrogen (secondary N) is 1. The van der Waals surface area contributed by atoms with E-state index in [1.54, 1.807) is 0 Å². The number of aryl methyl sites for hydroxylation is 1. The van der Waals surface area contributed by atoms with Crippen molar-refractivity contribution in [3.63, 3.8) is 0 Å². The lowest BCUT2D eigenvalue weighted by Gasteiger charge is -2.07. The van der Waals surface area contributed by atoms with Gasteiger partial charge in [-0.3, -0.25) is 0 Å². The van der Waals surface area contributed by atoms with Crippen LogP contribution in [0.15, 0.2) is 24.3 Å². The summed E-state index contributed by atoms with van der Waals surface area (Å²) < 4.78 is 26.9. The van der Waals surface area contributed by atoms with Gasteiger partial charge in [-0.1, -0.05) is 133 Å². The fraction of sp³-hybridized carbons (Fsp3) is 0.769. The van der Waals surface area contributed by atoms with E-state index in [4.69, 9.17) is 0 Å². The summed E-state index contributed by atoms with van der Waals surface area (Å²) in [5, 5.41) is 0. The molecule has 3 nitrogen and oxygen atoms in total. The van der Waals surface area contributed by atoms with Crippen LogP contribution in [0.4, 0.5) is 0 Å². The number of unbranched alkanes of at least 4 members (excludes halogenated alkanes) is 15. The molecule has 0 radical (unpaired) electrons. The van der Waals surface area contributed by atoms with Crippen molar-refractivity contribution in [3.05, 3.63) is 35.4 Å². The first-order chi connectivity index (χ1) is 14.5. The molecule has 0 bridgehead atoms. The van der Waals surface area contributed by atoms with Gasteiger partial charge >= 0.3 is 0 Å². The number of rotatable bonds is 20. The molecule has 0 atom stereocenters. The third-order valence-electron chi connectivity index (χ3n) is 5.88. The average Bonchev–Trinajstić information content (AvgIpc) is 2.73. The summed E-state index contributed by atoms with van der Waals surface area (Å²) in [4.78, 5) is 0. The van der Waals surface area contributed by atoms with Crippen molar-refractivity contribution in [1.29, 1.82) is 0 Å². The Bertz CT molecular complexity index is 610. The highest BCUT2D eigenvalue weighted by Crippen LogP contribution is 2.14. The van der Waals surface area contributed by atoms with Gasteiger partial charge in [-0.2, -0.15) is 0 Å². The molecule has 1 aromatic rings. The van der Waals surface area contributed by atoms with E-state index in [1.807, 2.05) is 31.2 Å². The van der Waals surface area contributed by atoms with E-state index in [0.29, 0.717) is 6.54 Å². The van der Waals surface area contributed by atoms with Crippen LogP contribution in [0, 0.1) is 6.92 Å². The molecule has 4 heteroatoms. The fourth-order valence-electron chi connectivity index (χ4n) is 3.81. The Labute approximate surface area is 187 Å². The second-order valence-electron chi connectivity index (χ2n) is 8.93. The molecule has 0 heterocycles. The SMILES string of the molecule is CCCCCCCCCCCCCCCCCCS(=O)(=O)NCc1ccc(C)cc1. The predicted octanol–water partition coefficient (Wildman–Crippen LogP) is 7.68. The monoisotopic (exact) mass is 437 g/mol.